The Balaban J connectivity index is 3.88. The largest absolute Gasteiger partial charge is 0.213 e. The highest BCUT2D eigenvalue weighted by atomic mass is 35.5. The molecule has 11 heavy (non-hydrogen) atoms. The van der Waals surface area contributed by atoms with Crippen LogP contribution in [0, 0.1) is 0 Å². The molecule has 0 fully saturated rings. The zero-order valence-corrected chi connectivity index (χ0v) is 8.51. The molecule has 0 spiro atoms. The van der Waals surface area contributed by atoms with Crippen LogP contribution < -0.4 is 4.72 Å². The molecule has 0 heterocycles. The maximum atomic E-state index is 10.7. The van der Waals surface area contributed by atoms with E-state index in [1.165, 1.54) is 0 Å². The molecule has 0 aromatic carbocycles. The van der Waals surface area contributed by atoms with Crippen LogP contribution in [-0.4, -0.2) is 32.5 Å². The molecule has 1 N–H and O–H groups in total. The van der Waals surface area contributed by atoms with Crippen LogP contribution in [0.15, 0.2) is 0 Å². The van der Waals surface area contributed by atoms with E-state index in [-0.39, 0.29) is 11.9 Å². The van der Waals surface area contributed by atoms with Crippen LogP contribution in [0.1, 0.15) is 6.42 Å². The average molecular weight is 220 g/mol. The number of alkyl halides is 2. The molecule has 1 atom stereocenters. The standard InChI is InChI=1S/C5H11Cl2NO2S/c1-11(9,10)8-5(4-7)2-3-6/h5,8H,2-4H2,1H3. The molecule has 3 nitrogen and oxygen atoms in total. The van der Waals surface area contributed by atoms with E-state index < -0.39 is 10.0 Å². The quantitative estimate of drug-likeness (QED) is 0.695. The van der Waals surface area contributed by atoms with E-state index in [1.54, 1.807) is 0 Å². The fourth-order valence-corrected chi connectivity index (χ4v) is 2.00. The van der Waals surface area contributed by atoms with Crippen LogP contribution in [0.25, 0.3) is 0 Å². The van der Waals surface area contributed by atoms with Crippen LogP contribution >= 0.6 is 23.2 Å². The van der Waals surface area contributed by atoms with Crippen LogP contribution in [0.4, 0.5) is 0 Å². The molecule has 0 saturated carbocycles. The van der Waals surface area contributed by atoms with Crippen LogP contribution in [-0.2, 0) is 10.0 Å². The number of nitrogens with one attached hydrogen (secondary N) is 1. The number of sulfonamides is 1. The summed E-state index contributed by atoms with van der Waals surface area (Å²) in [4.78, 5) is 0. The molecule has 0 aromatic heterocycles. The molecule has 68 valence electrons. The van der Waals surface area contributed by atoms with Gasteiger partial charge in [0.2, 0.25) is 10.0 Å². The third-order valence-electron chi connectivity index (χ3n) is 1.02. The van der Waals surface area contributed by atoms with Crippen molar-refractivity contribution in [3.8, 4) is 0 Å². The zero-order chi connectivity index (χ0) is 8.91. The van der Waals surface area contributed by atoms with Gasteiger partial charge < -0.3 is 0 Å². The molecule has 1 unspecified atom stereocenters. The summed E-state index contributed by atoms with van der Waals surface area (Å²) in [5, 5.41) is 0. The summed E-state index contributed by atoms with van der Waals surface area (Å²) in [5.74, 6) is 0.652. The highest BCUT2D eigenvalue weighted by Gasteiger charge is 2.11. The lowest BCUT2D eigenvalue weighted by Gasteiger charge is -2.11. The van der Waals surface area contributed by atoms with Gasteiger partial charge in [-0.3, -0.25) is 0 Å². The van der Waals surface area contributed by atoms with Crippen molar-refractivity contribution in [3.05, 3.63) is 0 Å². The molecule has 0 radical (unpaired) electrons. The topological polar surface area (TPSA) is 46.2 Å². The second kappa shape index (κ2) is 5.19. The van der Waals surface area contributed by atoms with Gasteiger partial charge in [-0.25, -0.2) is 13.1 Å². The van der Waals surface area contributed by atoms with Gasteiger partial charge in [0.05, 0.1) is 6.26 Å². The third-order valence-corrected chi connectivity index (χ3v) is 2.38. The summed E-state index contributed by atoms with van der Waals surface area (Å²) in [5.41, 5.74) is 0. The third kappa shape index (κ3) is 6.87. The van der Waals surface area contributed by atoms with Gasteiger partial charge in [-0.05, 0) is 6.42 Å². The summed E-state index contributed by atoms with van der Waals surface area (Å²) in [6.07, 6.45) is 1.65. The van der Waals surface area contributed by atoms with Crippen molar-refractivity contribution in [2.24, 2.45) is 0 Å². The molecular formula is C5H11Cl2NO2S. The molecule has 0 aliphatic carbocycles. The molecular weight excluding hydrogens is 209 g/mol. The van der Waals surface area contributed by atoms with E-state index in [4.69, 9.17) is 23.2 Å². The minimum Gasteiger partial charge on any atom is -0.213 e. The Kier molecular flexibility index (Phi) is 5.42. The molecule has 0 rings (SSSR count). The fourth-order valence-electron chi connectivity index (χ4n) is 0.602. The van der Waals surface area contributed by atoms with E-state index in [0.29, 0.717) is 12.3 Å². The van der Waals surface area contributed by atoms with Crippen molar-refractivity contribution in [2.45, 2.75) is 12.5 Å². The Labute approximate surface area is 77.1 Å². The normalized spacial score (nSPS) is 14.8. The molecule has 0 aliphatic heterocycles. The first-order chi connectivity index (χ1) is 4.99. The van der Waals surface area contributed by atoms with Crippen LogP contribution in [0.2, 0.25) is 0 Å². The average Bonchev–Trinajstić information content (AvgIpc) is 1.84. The maximum Gasteiger partial charge on any atom is 0.208 e. The summed E-state index contributed by atoms with van der Waals surface area (Å²) in [7, 11) is -3.15. The highest BCUT2D eigenvalue weighted by molar-refractivity contribution is 7.88. The molecule has 0 saturated heterocycles. The van der Waals surface area contributed by atoms with Crippen molar-refractivity contribution < 1.29 is 8.42 Å². The first kappa shape index (κ1) is 11.5. The summed E-state index contributed by atoms with van der Waals surface area (Å²) in [6, 6.07) is -0.246. The smallest absolute Gasteiger partial charge is 0.208 e. The Morgan fingerprint density at radius 3 is 2.27 bits per heavy atom. The van der Waals surface area contributed by atoms with Gasteiger partial charge in [-0.2, -0.15) is 0 Å². The van der Waals surface area contributed by atoms with E-state index in [2.05, 4.69) is 4.72 Å². The Morgan fingerprint density at radius 1 is 1.45 bits per heavy atom. The van der Waals surface area contributed by atoms with E-state index in [9.17, 15) is 8.42 Å². The van der Waals surface area contributed by atoms with Gasteiger partial charge in [0.25, 0.3) is 0 Å². The van der Waals surface area contributed by atoms with E-state index in [1.807, 2.05) is 0 Å². The predicted molar refractivity (Wildman–Crippen MR) is 47.8 cm³/mol. The Bertz CT molecular complexity index is 193. The second-order valence-corrected chi connectivity index (χ2v) is 4.69. The van der Waals surface area contributed by atoms with Crippen molar-refractivity contribution in [1.29, 1.82) is 0 Å². The molecule has 0 bridgehead atoms. The fraction of sp³-hybridized carbons (Fsp3) is 1.00. The minimum atomic E-state index is -3.15. The van der Waals surface area contributed by atoms with Gasteiger partial charge in [-0.15, -0.1) is 23.2 Å². The zero-order valence-electron chi connectivity index (χ0n) is 6.18. The highest BCUT2D eigenvalue weighted by Crippen LogP contribution is 1.98. The lowest BCUT2D eigenvalue weighted by atomic mass is 10.3. The lowest BCUT2D eigenvalue weighted by molar-refractivity contribution is 0.564. The SMILES string of the molecule is CS(=O)(=O)NC(CCl)CCCl. The first-order valence-electron chi connectivity index (χ1n) is 3.09. The molecule has 0 aliphatic rings. The van der Waals surface area contributed by atoms with Gasteiger partial charge in [0.15, 0.2) is 0 Å². The second-order valence-electron chi connectivity index (χ2n) is 2.22. The lowest BCUT2D eigenvalue weighted by Crippen LogP contribution is -2.35. The molecule has 0 amide bonds. The molecule has 0 aromatic rings. The molecule has 6 heteroatoms. The van der Waals surface area contributed by atoms with Crippen LogP contribution in [0.3, 0.4) is 0 Å². The van der Waals surface area contributed by atoms with Crippen LogP contribution in [0.5, 0.6) is 0 Å². The number of halogens is 2. The Morgan fingerprint density at radius 2 is 2.00 bits per heavy atom. The van der Waals surface area contributed by atoms with E-state index >= 15 is 0 Å². The predicted octanol–water partition coefficient (Wildman–Crippen LogP) is 0.772. The van der Waals surface area contributed by atoms with Gasteiger partial charge >= 0.3 is 0 Å². The van der Waals surface area contributed by atoms with Crippen molar-refractivity contribution in [3.63, 3.8) is 0 Å². The number of hydrogen-bond donors (Lipinski definition) is 1. The Hall–Kier alpha value is 0.490. The number of hydrogen-bond acceptors (Lipinski definition) is 2. The summed E-state index contributed by atoms with van der Waals surface area (Å²) >= 11 is 10.9. The number of rotatable bonds is 5. The van der Waals surface area contributed by atoms with Gasteiger partial charge in [-0.1, -0.05) is 0 Å². The minimum absolute atomic E-state index is 0.246. The van der Waals surface area contributed by atoms with Crippen molar-refractivity contribution >= 4 is 33.2 Å². The summed E-state index contributed by atoms with van der Waals surface area (Å²) < 4.78 is 23.7. The maximum absolute atomic E-state index is 10.7. The van der Waals surface area contributed by atoms with E-state index in [0.717, 1.165) is 6.26 Å². The first-order valence-corrected chi connectivity index (χ1v) is 6.05. The van der Waals surface area contributed by atoms with Gasteiger partial charge in [0, 0.05) is 17.8 Å². The van der Waals surface area contributed by atoms with Crippen molar-refractivity contribution in [1.82, 2.24) is 4.72 Å². The summed E-state index contributed by atoms with van der Waals surface area (Å²) in [6.45, 7) is 0. The van der Waals surface area contributed by atoms with Crippen molar-refractivity contribution in [2.75, 3.05) is 18.0 Å². The van der Waals surface area contributed by atoms with Gasteiger partial charge in [0.1, 0.15) is 0 Å². The monoisotopic (exact) mass is 219 g/mol.